The van der Waals surface area contributed by atoms with E-state index < -0.39 is 18.1 Å². The van der Waals surface area contributed by atoms with E-state index in [-0.39, 0.29) is 30.1 Å². The summed E-state index contributed by atoms with van der Waals surface area (Å²) in [7, 11) is 2.39. The number of unbranched alkanes of at least 4 members (excludes halogenated alkanes) is 33. The van der Waals surface area contributed by atoms with Crippen LogP contribution in [0.25, 0.3) is 0 Å². The maximum absolute atomic E-state index is 13.9. The number of hydrogen-bond acceptors (Lipinski definition) is 7. The maximum Gasteiger partial charge on any atom is 0.243 e. The van der Waals surface area contributed by atoms with Crippen LogP contribution < -0.4 is 51.3 Å². The van der Waals surface area contributed by atoms with Crippen LogP contribution in [0, 0.1) is 0 Å². The van der Waals surface area contributed by atoms with E-state index >= 15 is 0 Å². The molecule has 0 radical (unpaired) electrons. The van der Waals surface area contributed by atoms with Gasteiger partial charge in [-0.15, -0.1) is 0 Å². The van der Waals surface area contributed by atoms with Gasteiger partial charge in [-0.05, 0) is 96.7 Å². The summed E-state index contributed by atoms with van der Waals surface area (Å²) in [5.41, 5.74) is 23.4. The van der Waals surface area contributed by atoms with Crippen LogP contribution in [0.3, 0.4) is 0 Å². The largest absolute Gasteiger partial charge is 1.00 e. The molecule has 0 saturated carbocycles. The van der Waals surface area contributed by atoms with Gasteiger partial charge >= 0.3 is 0 Å². The van der Waals surface area contributed by atoms with E-state index in [1.54, 1.807) is 0 Å². The summed E-state index contributed by atoms with van der Waals surface area (Å²) in [4.78, 5) is 40.7. The third-order valence-corrected chi connectivity index (χ3v) is 14.5. The quantitative estimate of drug-likeness (QED) is 0.0234. The predicted molar refractivity (Wildman–Crippen MR) is 293 cm³/mol. The first-order valence-corrected chi connectivity index (χ1v) is 29.8. The van der Waals surface area contributed by atoms with Gasteiger partial charge in [-0.2, -0.15) is 0 Å². The Hall–Kier alpha value is -1.50. The van der Waals surface area contributed by atoms with Crippen molar-refractivity contribution in [1.82, 2.24) is 16.0 Å². The molecular formula is C57H119ClN8O3. The normalized spacial score (nSPS) is 12.9. The van der Waals surface area contributed by atoms with Gasteiger partial charge in [0.05, 0.1) is 39.3 Å². The van der Waals surface area contributed by atoms with Gasteiger partial charge < -0.3 is 55.8 Å². The van der Waals surface area contributed by atoms with Gasteiger partial charge in [-0.25, -0.2) is 0 Å². The van der Waals surface area contributed by atoms with Crippen LogP contribution in [-0.2, 0) is 14.4 Å². The van der Waals surface area contributed by atoms with Gasteiger partial charge in [-0.3, -0.25) is 14.4 Å². The van der Waals surface area contributed by atoms with Crippen molar-refractivity contribution in [3.05, 3.63) is 0 Å². The topological polar surface area (TPSA) is 191 Å². The molecule has 0 fully saturated rings. The fourth-order valence-corrected chi connectivity index (χ4v) is 9.70. The van der Waals surface area contributed by atoms with Gasteiger partial charge in [0.25, 0.3) is 0 Å². The Bertz CT molecular complexity index is 1080. The molecule has 0 spiro atoms. The molecule has 0 saturated heterocycles. The summed E-state index contributed by atoms with van der Waals surface area (Å²) in [5, 5.41) is 9.13. The zero-order valence-electron chi connectivity index (χ0n) is 46.0. The van der Waals surface area contributed by atoms with E-state index in [0.29, 0.717) is 51.9 Å². The van der Waals surface area contributed by atoms with Gasteiger partial charge in [0.1, 0.15) is 12.1 Å². The Morgan fingerprint density at radius 2 is 0.667 bits per heavy atom. The number of carbonyl (C=O) groups excluding carboxylic acids is 3. The molecular weight excluding hydrogens is 880 g/mol. The summed E-state index contributed by atoms with van der Waals surface area (Å²) < 4.78 is 0.961. The Morgan fingerprint density at radius 3 is 1.00 bits per heavy atom. The van der Waals surface area contributed by atoms with Gasteiger partial charge in [0.15, 0.2) is 0 Å². The Labute approximate surface area is 434 Å². The average molecular weight is 1000 g/mol. The molecule has 0 aliphatic carbocycles. The van der Waals surface area contributed by atoms with Crippen LogP contribution in [0.4, 0.5) is 0 Å². The van der Waals surface area contributed by atoms with Crippen molar-refractivity contribution in [2.24, 2.45) is 22.9 Å². The molecule has 3 atom stereocenters. The monoisotopic (exact) mass is 999 g/mol. The highest BCUT2D eigenvalue weighted by molar-refractivity contribution is 5.93. The number of nitrogens with zero attached hydrogens (tertiary/aromatic N) is 1. The number of amides is 3. The van der Waals surface area contributed by atoms with Crippen molar-refractivity contribution in [2.75, 3.05) is 52.9 Å². The van der Waals surface area contributed by atoms with Crippen LogP contribution in [-0.4, -0.2) is 93.2 Å². The molecule has 12 heteroatoms. The van der Waals surface area contributed by atoms with Crippen molar-refractivity contribution in [2.45, 2.75) is 295 Å². The second-order valence-corrected chi connectivity index (χ2v) is 21.3. The minimum Gasteiger partial charge on any atom is -1.00 e. The van der Waals surface area contributed by atoms with Crippen LogP contribution in [0.5, 0.6) is 0 Å². The molecule has 0 aliphatic rings. The van der Waals surface area contributed by atoms with Crippen LogP contribution in [0.2, 0.25) is 0 Å². The molecule has 0 aromatic rings. The Morgan fingerprint density at radius 1 is 0.377 bits per heavy atom. The highest BCUT2D eigenvalue weighted by Crippen LogP contribution is 2.18. The standard InChI is InChI=1S/C57H118N8O3.ClH/c1-4-6-8-10-12-14-16-18-20-22-24-26-28-30-32-40-49-65(3,50-41-33-31-29-27-25-23-21-19-17-15-13-11-9-7-5-2)51-48-62-56(67)53(43-35-38-46-59)64-57(68)54(44-36-39-47-60)63-55(66)52(61)42-34-37-45-58;/h52-54H,4-51,58-61H2,1-3H3,(H2-,62,63,64,66,67,68);1H/t52-,53-,54-;/m0./s1. The number of quaternary nitrogens is 1. The van der Waals surface area contributed by atoms with Crippen molar-refractivity contribution >= 4 is 17.7 Å². The van der Waals surface area contributed by atoms with Gasteiger partial charge in [0, 0.05) is 0 Å². The number of carbonyl (C=O) groups is 3. The molecule has 3 amide bonds. The molecule has 0 heterocycles. The Balaban J connectivity index is 0. The molecule has 0 aliphatic heterocycles. The average Bonchev–Trinajstić information content (AvgIpc) is 3.33. The minimum absolute atomic E-state index is 0. The summed E-state index contributed by atoms with van der Waals surface area (Å²) >= 11 is 0. The molecule has 69 heavy (non-hydrogen) atoms. The number of nitrogens with two attached hydrogens (primary N) is 4. The van der Waals surface area contributed by atoms with Crippen LogP contribution >= 0.6 is 0 Å². The van der Waals surface area contributed by atoms with Crippen LogP contribution in [0.1, 0.15) is 277 Å². The van der Waals surface area contributed by atoms with E-state index in [4.69, 9.17) is 22.9 Å². The fraction of sp³-hybridized carbons (Fsp3) is 0.947. The molecule has 11 nitrogen and oxygen atoms in total. The van der Waals surface area contributed by atoms with Crippen LogP contribution in [0.15, 0.2) is 0 Å². The number of nitrogens with one attached hydrogen (secondary N) is 3. The number of likely N-dealkylation sites (N-methyl/N-ethyl adjacent to an activating group) is 1. The van der Waals surface area contributed by atoms with Gasteiger partial charge in [-0.1, -0.05) is 200 Å². The van der Waals surface area contributed by atoms with E-state index in [1.165, 1.54) is 205 Å². The number of halogens is 1. The first kappa shape index (κ1) is 69.6. The van der Waals surface area contributed by atoms with Crippen molar-refractivity contribution in [3.8, 4) is 0 Å². The second-order valence-electron chi connectivity index (χ2n) is 21.3. The molecule has 0 unspecified atom stereocenters. The summed E-state index contributed by atoms with van der Waals surface area (Å²) in [6.07, 6.45) is 49.7. The zero-order chi connectivity index (χ0) is 50.0. The van der Waals surface area contributed by atoms with Crippen molar-refractivity contribution < 1.29 is 31.3 Å². The molecule has 11 N–H and O–H groups in total. The third kappa shape index (κ3) is 44.9. The summed E-state index contributed by atoms with van der Waals surface area (Å²) in [6.45, 7) is 9.83. The smallest absolute Gasteiger partial charge is 0.243 e. The second kappa shape index (κ2) is 52.8. The van der Waals surface area contributed by atoms with E-state index in [2.05, 4.69) is 36.8 Å². The third-order valence-electron chi connectivity index (χ3n) is 14.5. The molecule has 0 aromatic carbocycles. The molecule has 412 valence electrons. The van der Waals surface area contributed by atoms with Gasteiger partial charge in [0.2, 0.25) is 17.7 Å². The first-order valence-electron chi connectivity index (χ1n) is 29.8. The molecule has 0 rings (SSSR count). The first-order chi connectivity index (χ1) is 33.2. The van der Waals surface area contributed by atoms with Crippen molar-refractivity contribution in [1.29, 1.82) is 0 Å². The Kier molecular flexibility index (Phi) is 53.3. The number of rotatable bonds is 54. The summed E-state index contributed by atoms with van der Waals surface area (Å²) in [6, 6.07) is -2.22. The zero-order valence-corrected chi connectivity index (χ0v) is 46.8. The summed E-state index contributed by atoms with van der Waals surface area (Å²) in [5.74, 6) is -0.882. The minimum atomic E-state index is -0.793. The highest BCUT2D eigenvalue weighted by atomic mass is 35.5. The lowest BCUT2D eigenvalue weighted by atomic mass is 10.0. The maximum atomic E-state index is 13.9. The molecule has 0 bridgehead atoms. The van der Waals surface area contributed by atoms with E-state index in [0.717, 1.165) is 56.2 Å². The fourth-order valence-electron chi connectivity index (χ4n) is 9.70. The predicted octanol–water partition coefficient (Wildman–Crippen LogP) is 8.76. The SMILES string of the molecule is CCCCCCCCCCCCCCCCCC[N+](C)(CCCCCCCCCCCCCCCCCC)CCNC(=O)[C@H](CCCCN)NC(=O)[C@H](CCCCN)NC(=O)[C@@H](N)CCCCN.[Cl-]. The van der Waals surface area contributed by atoms with Crippen molar-refractivity contribution in [3.63, 3.8) is 0 Å². The lowest BCUT2D eigenvalue weighted by Gasteiger charge is -2.35. The molecule has 0 aromatic heterocycles. The lowest BCUT2D eigenvalue weighted by molar-refractivity contribution is -0.908. The van der Waals surface area contributed by atoms with E-state index in [1.807, 2.05) is 0 Å². The highest BCUT2D eigenvalue weighted by Gasteiger charge is 2.28. The lowest BCUT2D eigenvalue weighted by Crippen LogP contribution is -3.00. The van der Waals surface area contributed by atoms with E-state index in [9.17, 15) is 14.4 Å². The number of hydrogen-bond donors (Lipinski definition) is 7.